The molecule has 1 atom stereocenters. The molecule has 4 heteroatoms. The van der Waals surface area contributed by atoms with Crippen molar-refractivity contribution in [2.24, 2.45) is 0 Å². The molecule has 0 fully saturated rings. The predicted octanol–water partition coefficient (Wildman–Crippen LogP) is 3.72. The van der Waals surface area contributed by atoms with E-state index in [1.807, 2.05) is 12.1 Å². The van der Waals surface area contributed by atoms with Crippen LogP contribution in [0.15, 0.2) is 48.5 Å². The number of aliphatic hydroxyl groups excluding tert-OH is 1. The monoisotopic (exact) mass is 382 g/mol. The first-order valence-corrected chi connectivity index (χ1v) is 10.5. The van der Waals surface area contributed by atoms with Crippen molar-refractivity contribution in [1.29, 1.82) is 0 Å². The number of nitrogens with zero attached hydrogens (tertiary/aromatic N) is 2. The highest BCUT2D eigenvalue weighted by Crippen LogP contribution is 2.21. The van der Waals surface area contributed by atoms with Crippen LogP contribution in [0, 0.1) is 0 Å². The topological polar surface area (TPSA) is 35.9 Å². The summed E-state index contributed by atoms with van der Waals surface area (Å²) in [5.41, 5.74) is 3.99. The Bertz CT molecular complexity index is 734. The fourth-order valence-electron chi connectivity index (χ4n) is 3.82. The molecule has 0 saturated carbocycles. The molecule has 1 aliphatic rings. The number of benzene rings is 2. The maximum absolute atomic E-state index is 10.5. The van der Waals surface area contributed by atoms with Crippen molar-refractivity contribution in [3.63, 3.8) is 0 Å². The van der Waals surface area contributed by atoms with E-state index in [0.29, 0.717) is 13.2 Å². The van der Waals surface area contributed by atoms with E-state index in [1.54, 1.807) is 0 Å². The molecule has 0 saturated heterocycles. The van der Waals surface area contributed by atoms with Crippen molar-refractivity contribution in [2.45, 2.75) is 45.4 Å². The molecule has 2 aromatic carbocycles. The second kappa shape index (κ2) is 10.6. The number of unbranched alkanes of at least 4 members (excludes halogenated alkanes) is 1. The van der Waals surface area contributed by atoms with Crippen LogP contribution in [-0.2, 0) is 19.5 Å². The fraction of sp³-hybridized carbons (Fsp3) is 0.500. The summed E-state index contributed by atoms with van der Waals surface area (Å²) in [5, 5.41) is 10.5. The molecule has 0 radical (unpaired) electrons. The van der Waals surface area contributed by atoms with Crippen LogP contribution in [0.1, 0.15) is 36.5 Å². The molecule has 1 N–H and O–H groups in total. The van der Waals surface area contributed by atoms with Crippen molar-refractivity contribution in [3.8, 4) is 5.75 Å². The molecular weight excluding hydrogens is 348 g/mol. The Labute approximate surface area is 169 Å². The summed E-state index contributed by atoms with van der Waals surface area (Å²) in [5.74, 6) is 0.883. The molecule has 28 heavy (non-hydrogen) atoms. The SMILES string of the molecule is CCCCN(C)Cc1ccccc1OCC(O)CN1CCc2ccccc2C1. The molecule has 0 aliphatic carbocycles. The highest BCUT2D eigenvalue weighted by molar-refractivity contribution is 5.33. The maximum atomic E-state index is 10.5. The third kappa shape index (κ3) is 6.06. The standard InChI is InChI=1S/C24H34N2O2/c1-3-4-14-25(2)16-22-11-7-8-12-24(22)28-19-23(27)18-26-15-13-20-9-5-6-10-21(20)17-26/h5-12,23,27H,3-4,13-19H2,1-2H3. The van der Waals surface area contributed by atoms with Gasteiger partial charge >= 0.3 is 0 Å². The Hall–Kier alpha value is -1.88. The zero-order valence-corrected chi connectivity index (χ0v) is 17.3. The number of β-amino-alcohol motifs (C(OH)–C–C–N with tert-alkyl or cyclic N) is 1. The molecule has 1 unspecified atom stereocenters. The normalized spacial score (nSPS) is 15.4. The van der Waals surface area contributed by atoms with Gasteiger partial charge in [-0.2, -0.15) is 0 Å². The Morgan fingerprint density at radius 2 is 1.86 bits per heavy atom. The van der Waals surface area contributed by atoms with Gasteiger partial charge in [-0.05, 0) is 43.6 Å². The van der Waals surface area contributed by atoms with Crippen LogP contribution in [0.4, 0.5) is 0 Å². The maximum Gasteiger partial charge on any atom is 0.123 e. The summed E-state index contributed by atoms with van der Waals surface area (Å²) >= 11 is 0. The minimum Gasteiger partial charge on any atom is -0.491 e. The average molecular weight is 383 g/mol. The quantitative estimate of drug-likeness (QED) is 0.679. The van der Waals surface area contributed by atoms with Gasteiger partial charge in [0.25, 0.3) is 0 Å². The first kappa shape index (κ1) is 20.8. The first-order chi connectivity index (χ1) is 13.7. The minimum absolute atomic E-state index is 0.327. The third-order valence-corrected chi connectivity index (χ3v) is 5.42. The van der Waals surface area contributed by atoms with Gasteiger partial charge in [-0.15, -0.1) is 0 Å². The Morgan fingerprint density at radius 3 is 2.68 bits per heavy atom. The van der Waals surface area contributed by atoms with E-state index in [4.69, 9.17) is 4.74 Å². The van der Waals surface area contributed by atoms with Gasteiger partial charge in [-0.3, -0.25) is 4.90 Å². The van der Waals surface area contributed by atoms with Crippen LogP contribution in [0.25, 0.3) is 0 Å². The summed E-state index contributed by atoms with van der Waals surface area (Å²) in [6.07, 6.45) is 2.97. The lowest BCUT2D eigenvalue weighted by molar-refractivity contribution is 0.0632. The number of para-hydroxylation sites is 1. The van der Waals surface area contributed by atoms with E-state index < -0.39 is 6.10 Å². The van der Waals surface area contributed by atoms with E-state index in [0.717, 1.165) is 38.3 Å². The van der Waals surface area contributed by atoms with Crippen molar-refractivity contribution >= 4 is 0 Å². The summed E-state index contributed by atoms with van der Waals surface area (Å²) in [6, 6.07) is 16.8. The second-order valence-electron chi connectivity index (χ2n) is 7.92. The lowest BCUT2D eigenvalue weighted by Gasteiger charge is -2.30. The lowest BCUT2D eigenvalue weighted by Crippen LogP contribution is -2.38. The van der Waals surface area contributed by atoms with Gasteiger partial charge < -0.3 is 14.7 Å². The molecule has 1 aliphatic heterocycles. The van der Waals surface area contributed by atoms with Gasteiger partial charge in [0.05, 0.1) is 0 Å². The largest absolute Gasteiger partial charge is 0.491 e. The van der Waals surface area contributed by atoms with Crippen LogP contribution in [0.3, 0.4) is 0 Å². The highest BCUT2D eigenvalue weighted by Gasteiger charge is 2.19. The zero-order chi connectivity index (χ0) is 19.8. The van der Waals surface area contributed by atoms with E-state index >= 15 is 0 Å². The van der Waals surface area contributed by atoms with Crippen molar-refractivity contribution in [3.05, 3.63) is 65.2 Å². The number of hydrogen-bond donors (Lipinski definition) is 1. The summed E-state index contributed by atoms with van der Waals surface area (Å²) < 4.78 is 6.01. The van der Waals surface area contributed by atoms with Gasteiger partial charge in [0.2, 0.25) is 0 Å². The number of aliphatic hydroxyl groups is 1. The van der Waals surface area contributed by atoms with E-state index in [1.165, 1.54) is 29.5 Å². The molecule has 0 amide bonds. The Kier molecular flexibility index (Phi) is 7.90. The number of ether oxygens (including phenoxy) is 1. The van der Waals surface area contributed by atoms with Crippen molar-refractivity contribution < 1.29 is 9.84 Å². The van der Waals surface area contributed by atoms with Gasteiger partial charge in [0.15, 0.2) is 0 Å². The average Bonchev–Trinajstić information content (AvgIpc) is 2.71. The molecule has 1 heterocycles. The van der Waals surface area contributed by atoms with E-state index in [9.17, 15) is 5.11 Å². The number of rotatable bonds is 10. The molecule has 3 rings (SSSR count). The van der Waals surface area contributed by atoms with Gasteiger partial charge in [-0.25, -0.2) is 0 Å². The number of fused-ring (bicyclic) bond motifs is 1. The zero-order valence-electron chi connectivity index (χ0n) is 17.3. The molecule has 0 spiro atoms. The second-order valence-corrected chi connectivity index (χ2v) is 7.92. The summed E-state index contributed by atoms with van der Waals surface area (Å²) in [6.45, 7) is 7.05. The summed E-state index contributed by atoms with van der Waals surface area (Å²) in [4.78, 5) is 4.65. The van der Waals surface area contributed by atoms with Crippen LogP contribution in [0.5, 0.6) is 5.75 Å². The van der Waals surface area contributed by atoms with Crippen LogP contribution in [-0.4, -0.2) is 54.3 Å². The molecule has 152 valence electrons. The molecule has 4 nitrogen and oxygen atoms in total. The minimum atomic E-state index is -0.490. The van der Waals surface area contributed by atoms with Crippen molar-refractivity contribution in [1.82, 2.24) is 9.80 Å². The lowest BCUT2D eigenvalue weighted by atomic mass is 10.00. The van der Waals surface area contributed by atoms with Gasteiger partial charge in [0, 0.05) is 31.7 Å². The van der Waals surface area contributed by atoms with Crippen LogP contribution < -0.4 is 4.74 Å². The first-order valence-electron chi connectivity index (χ1n) is 10.5. The van der Waals surface area contributed by atoms with E-state index in [-0.39, 0.29) is 0 Å². The van der Waals surface area contributed by atoms with Crippen LogP contribution in [0.2, 0.25) is 0 Å². The molecule has 0 aromatic heterocycles. The van der Waals surface area contributed by atoms with Gasteiger partial charge in [0.1, 0.15) is 18.5 Å². The summed E-state index contributed by atoms with van der Waals surface area (Å²) in [7, 11) is 2.15. The molecule has 2 aromatic rings. The fourth-order valence-corrected chi connectivity index (χ4v) is 3.82. The Morgan fingerprint density at radius 1 is 1.11 bits per heavy atom. The molecule has 0 bridgehead atoms. The number of hydrogen-bond acceptors (Lipinski definition) is 4. The Balaban J connectivity index is 1.49. The predicted molar refractivity (Wildman–Crippen MR) is 115 cm³/mol. The highest BCUT2D eigenvalue weighted by atomic mass is 16.5. The van der Waals surface area contributed by atoms with E-state index in [2.05, 4.69) is 60.2 Å². The smallest absolute Gasteiger partial charge is 0.123 e. The van der Waals surface area contributed by atoms with Gasteiger partial charge in [-0.1, -0.05) is 55.8 Å². The third-order valence-electron chi connectivity index (χ3n) is 5.42. The van der Waals surface area contributed by atoms with Crippen molar-refractivity contribution in [2.75, 3.05) is 33.3 Å². The van der Waals surface area contributed by atoms with Crippen LogP contribution >= 0.6 is 0 Å². The molecular formula is C24H34N2O2.